The van der Waals surface area contributed by atoms with Gasteiger partial charge in [0.05, 0.1) is 10.0 Å². The highest BCUT2D eigenvalue weighted by atomic mass is 35.5. The van der Waals surface area contributed by atoms with Crippen LogP contribution in [0.3, 0.4) is 0 Å². The molecule has 0 amide bonds. The third-order valence-corrected chi connectivity index (χ3v) is 5.52. The van der Waals surface area contributed by atoms with Crippen LogP contribution in [0.2, 0.25) is 15.1 Å². The van der Waals surface area contributed by atoms with Crippen molar-refractivity contribution in [2.45, 2.75) is 25.3 Å². The summed E-state index contributed by atoms with van der Waals surface area (Å²) < 4.78 is 0. The molecule has 1 aliphatic heterocycles. The van der Waals surface area contributed by atoms with Gasteiger partial charge in [0.25, 0.3) is 0 Å². The molecule has 0 bridgehead atoms. The van der Waals surface area contributed by atoms with Gasteiger partial charge in [0.1, 0.15) is 0 Å². The van der Waals surface area contributed by atoms with E-state index in [0.29, 0.717) is 27.0 Å². The summed E-state index contributed by atoms with van der Waals surface area (Å²) in [5.41, 5.74) is 1.11. The highest BCUT2D eigenvalue weighted by molar-refractivity contribution is 6.43. The minimum atomic E-state index is 0. The number of nitrogens with one attached hydrogen (secondary N) is 1. The summed E-state index contributed by atoms with van der Waals surface area (Å²) in [7, 11) is 0. The molecule has 1 saturated heterocycles. The van der Waals surface area contributed by atoms with Gasteiger partial charge in [0.2, 0.25) is 0 Å². The van der Waals surface area contributed by atoms with Crippen LogP contribution in [0.25, 0.3) is 0 Å². The van der Waals surface area contributed by atoms with Crippen LogP contribution in [0, 0.1) is 5.92 Å². The van der Waals surface area contributed by atoms with Gasteiger partial charge in [-0.05, 0) is 36.5 Å². The van der Waals surface area contributed by atoms with Gasteiger partial charge >= 0.3 is 0 Å². The van der Waals surface area contributed by atoms with E-state index in [1.54, 1.807) is 6.07 Å². The van der Waals surface area contributed by atoms with E-state index in [9.17, 15) is 0 Å². The normalized spacial score (nSPS) is 20.5. The second-order valence-electron chi connectivity index (χ2n) is 5.71. The first-order chi connectivity index (χ1) is 9.66. The van der Waals surface area contributed by atoms with Crippen molar-refractivity contribution in [1.29, 1.82) is 0 Å². The Morgan fingerprint density at radius 3 is 2.23 bits per heavy atom. The van der Waals surface area contributed by atoms with Crippen LogP contribution >= 0.6 is 59.6 Å². The maximum absolute atomic E-state index is 6.47. The van der Waals surface area contributed by atoms with Crippen molar-refractivity contribution in [1.82, 2.24) is 10.2 Å². The molecule has 1 aromatic rings. The van der Waals surface area contributed by atoms with E-state index in [0.717, 1.165) is 31.7 Å². The first kappa shape index (κ1) is 20.6. The Balaban J connectivity index is 0.00000121. The molecule has 2 nitrogen and oxygen atoms in total. The number of hydrogen-bond donors (Lipinski definition) is 1. The number of piperazine rings is 1. The van der Waals surface area contributed by atoms with Gasteiger partial charge in [0, 0.05) is 37.2 Å². The quantitative estimate of drug-likeness (QED) is 0.691. The van der Waals surface area contributed by atoms with Crippen LogP contribution in [0.5, 0.6) is 0 Å². The summed E-state index contributed by atoms with van der Waals surface area (Å²) in [5.74, 6) is 0.681. The molecule has 7 heteroatoms. The van der Waals surface area contributed by atoms with Gasteiger partial charge in [-0.2, -0.15) is 0 Å². The predicted octanol–water partition coefficient (Wildman–Crippen LogP) is 5.24. The molecule has 1 N–H and O–H groups in total. The lowest BCUT2D eigenvalue weighted by Crippen LogP contribution is -2.47. The van der Waals surface area contributed by atoms with Crippen molar-refractivity contribution in [3.63, 3.8) is 0 Å². The van der Waals surface area contributed by atoms with Gasteiger partial charge in [0.15, 0.2) is 0 Å². The van der Waals surface area contributed by atoms with Crippen LogP contribution in [0.15, 0.2) is 12.1 Å². The van der Waals surface area contributed by atoms with Crippen molar-refractivity contribution in [3.8, 4) is 0 Å². The standard InChI is InChI=1S/C15H19Cl3N2.2ClH/c16-11-8-12(14(18)13(17)9-11)15(10-2-1-3-10)20-6-4-19-5-7-20;;/h8-10,15,19H,1-7H2;2*1H/t15-;;/m0../s1. The highest BCUT2D eigenvalue weighted by Gasteiger charge is 2.35. The van der Waals surface area contributed by atoms with E-state index < -0.39 is 0 Å². The second kappa shape index (κ2) is 9.17. The average molecular weight is 407 g/mol. The topological polar surface area (TPSA) is 15.3 Å². The molecule has 1 aliphatic carbocycles. The summed E-state index contributed by atoms with van der Waals surface area (Å²) in [6, 6.07) is 4.08. The largest absolute Gasteiger partial charge is 0.314 e. The molecule has 0 aromatic heterocycles. The zero-order chi connectivity index (χ0) is 14.1. The smallest absolute Gasteiger partial charge is 0.0641 e. The molecule has 3 rings (SSSR count). The molecule has 126 valence electrons. The van der Waals surface area contributed by atoms with Crippen molar-refractivity contribution in [2.24, 2.45) is 5.92 Å². The molecule has 1 atom stereocenters. The molecule has 0 radical (unpaired) electrons. The Morgan fingerprint density at radius 1 is 1.05 bits per heavy atom. The third-order valence-electron chi connectivity index (χ3n) is 4.48. The van der Waals surface area contributed by atoms with E-state index >= 15 is 0 Å². The van der Waals surface area contributed by atoms with Crippen LogP contribution in [0.1, 0.15) is 30.9 Å². The van der Waals surface area contributed by atoms with Gasteiger partial charge < -0.3 is 5.32 Å². The molecule has 1 saturated carbocycles. The fourth-order valence-electron chi connectivity index (χ4n) is 3.26. The number of benzene rings is 1. The third kappa shape index (κ3) is 4.36. The first-order valence-corrected chi connectivity index (χ1v) is 8.39. The van der Waals surface area contributed by atoms with E-state index in [1.807, 2.05) is 6.07 Å². The van der Waals surface area contributed by atoms with E-state index in [4.69, 9.17) is 34.8 Å². The molecule has 2 aliphatic rings. The van der Waals surface area contributed by atoms with Crippen molar-refractivity contribution >= 4 is 59.6 Å². The van der Waals surface area contributed by atoms with E-state index in [2.05, 4.69) is 10.2 Å². The summed E-state index contributed by atoms with van der Waals surface area (Å²) >= 11 is 18.9. The second-order valence-corrected chi connectivity index (χ2v) is 6.93. The fraction of sp³-hybridized carbons (Fsp3) is 0.600. The van der Waals surface area contributed by atoms with E-state index in [1.165, 1.54) is 19.3 Å². The molecule has 1 heterocycles. The Kier molecular flexibility index (Phi) is 8.60. The van der Waals surface area contributed by atoms with Crippen LogP contribution in [-0.2, 0) is 0 Å². The highest BCUT2D eigenvalue weighted by Crippen LogP contribution is 2.45. The predicted molar refractivity (Wildman–Crippen MR) is 100 cm³/mol. The summed E-state index contributed by atoms with van der Waals surface area (Å²) in [4.78, 5) is 2.54. The molecule has 0 unspecified atom stereocenters. The van der Waals surface area contributed by atoms with Gasteiger partial charge in [-0.1, -0.05) is 41.2 Å². The Morgan fingerprint density at radius 2 is 1.68 bits per heavy atom. The van der Waals surface area contributed by atoms with Crippen molar-refractivity contribution in [3.05, 3.63) is 32.8 Å². The molecule has 0 spiro atoms. The lowest BCUT2D eigenvalue weighted by Gasteiger charge is -2.43. The molecule has 22 heavy (non-hydrogen) atoms. The minimum Gasteiger partial charge on any atom is -0.314 e. The Bertz CT molecular complexity index is 487. The minimum absolute atomic E-state index is 0. The zero-order valence-electron chi connectivity index (χ0n) is 12.2. The average Bonchev–Trinajstić information content (AvgIpc) is 2.39. The summed E-state index contributed by atoms with van der Waals surface area (Å²) in [6.07, 6.45) is 3.86. The molecule has 1 aromatic carbocycles. The summed E-state index contributed by atoms with van der Waals surface area (Å²) in [5, 5.41) is 5.32. The van der Waals surface area contributed by atoms with Crippen LogP contribution < -0.4 is 5.32 Å². The van der Waals surface area contributed by atoms with Gasteiger partial charge in [-0.25, -0.2) is 0 Å². The van der Waals surface area contributed by atoms with Gasteiger partial charge in [-0.3, -0.25) is 4.90 Å². The maximum Gasteiger partial charge on any atom is 0.0641 e. The molecule has 2 fully saturated rings. The van der Waals surface area contributed by atoms with Crippen LogP contribution in [0.4, 0.5) is 0 Å². The van der Waals surface area contributed by atoms with Crippen LogP contribution in [-0.4, -0.2) is 31.1 Å². The Labute approximate surface area is 159 Å². The van der Waals surface area contributed by atoms with E-state index in [-0.39, 0.29) is 24.8 Å². The zero-order valence-corrected chi connectivity index (χ0v) is 16.1. The monoisotopic (exact) mass is 404 g/mol. The number of hydrogen-bond acceptors (Lipinski definition) is 2. The SMILES string of the molecule is Cl.Cl.Clc1cc(Cl)c(Cl)c([C@H](C2CCC2)N2CCNCC2)c1. The molecular formula is C15H21Cl5N2. The molecular weight excluding hydrogens is 385 g/mol. The number of halogens is 5. The number of nitrogens with zero attached hydrogens (tertiary/aromatic N) is 1. The maximum atomic E-state index is 6.47. The first-order valence-electron chi connectivity index (χ1n) is 7.26. The summed E-state index contributed by atoms with van der Waals surface area (Å²) in [6.45, 7) is 4.19. The lowest BCUT2D eigenvalue weighted by atomic mass is 9.76. The fourth-order valence-corrected chi connectivity index (χ4v) is 3.99. The van der Waals surface area contributed by atoms with Crippen molar-refractivity contribution in [2.75, 3.05) is 26.2 Å². The van der Waals surface area contributed by atoms with Gasteiger partial charge in [-0.15, -0.1) is 24.8 Å². The lowest BCUT2D eigenvalue weighted by molar-refractivity contribution is 0.0838. The Hall–Kier alpha value is 0.590. The van der Waals surface area contributed by atoms with Crippen molar-refractivity contribution < 1.29 is 0 Å². The number of rotatable bonds is 3.